The van der Waals surface area contributed by atoms with E-state index in [2.05, 4.69) is 20.8 Å². The summed E-state index contributed by atoms with van der Waals surface area (Å²) in [5, 5.41) is 0. The predicted molar refractivity (Wildman–Crippen MR) is 66.2 cm³/mol. The Bertz CT molecular complexity index is 219. The van der Waals surface area contributed by atoms with Gasteiger partial charge in [0.25, 0.3) is 0 Å². The average Bonchev–Trinajstić information content (AvgIpc) is 2.16. The van der Waals surface area contributed by atoms with E-state index in [4.69, 9.17) is 4.74 Å². The third-order valence-corrected chi connectivity index (χ3v) is 3.90. The van der Waals surface area contributed by atoms with Gasteiger partial charge in [-0.3, -0.25) is 4.79 Å². The van der Waals surface area contributed by atoms with Gasteiger partial charge in [-0.05, 0) is 36.5 Å². The minimum atomic E-state index is -0.150. The summed E-state index contributed by atoms with van der Waals surface area (Å²) in [6, 6.07) is 0. The minimum Gasteiger partial charge on any atom is -0.466 e. The molecule has 0 saturated heterocycles. The van der Waals surface area contributed by atoms with E-state index in [-0.39, 0.29) is 5.97 Å². The zero-order chi connectivity index (χ0) is 12.2. The van der Waals surface area contributed by atoms with Gasteiger partial charge in [-0.2, -0.15) is 0 Å². The van der Waals surface area contributed by atoms with Gasteiger partial charge in [-0.25, -0.2) is 0 Å². The molecule has 0 radical (unpaired) electrons. The Morgan fingerprint density at radius 1 is 1.19 bits per heavy atom. The average molecular weight is 226 g/mol. The molecular formula is C14H26O2. The first-order valence-corrected chi connectivity index (χ1v) is 6.53. The maximum Gasteiger partial charge on any atom is 0.302 e. The standard InChI is InChI=1S/C14H26O2/c1-11(15)16-10-9-12-5-7-13(8-6-12)14(2,3)4/h12-13H,5-10H2,1-4H3. The molecule has 1 aliphatic carbocycles. The van der Waals surface area contributed by atoms with Crippen LogP contribution in [0, 0.1) is 17.3 Å². The van der Waals surface area contributed by atoms with Gasteiger partial charge < -0.3 is 4.74 Å². The van der Waals surface area contributed by atoms with Crippen LogP contribution in [0.1, 0.15) is 59.8 Å². The molecule has 0 heterocycles. The van der Waals surface area contributed by atoms with E-state index in [1.165, 1.54) is 32.6 Å². The predicted octanol–water partition coefficient (Wildman–Crippen LogP) is 3.79. The second-order valence-electron chi connectivity index (χ2n) is 6.21. The van der Waals surface area contributed by atoms with E-state index in [1.807, 2.05) is 0 Å². The Morgan fingerprint density at radius 2 is 1.75 bits per heavy atom. The minimum absolute atomic E-state index is 0.150. The van der Waals surface area contributed by atoms with Crippen molar-refractivity contribution in [2.75, 3.05) is 6.61 Å². The molecule has 0 aliphatic heterocycles. The fourth-order valence-electron chi connectivity index (χ4n) is 2.69. The topological polar surface area (TPSA) is 26.3 Å². The van der Waals surface area contributed by atoms with Crippen LogP contribution in [0.2, 0.25) is 0 Å². The van der Waals surface area contributed by atoms with E-state index >= 15 is 0 Å². The van der Waals surface area contributed by atoms with Gasteiger partial charge in [-0.1, -0.05) is 33.6 Å². The highest BCUT2D eigenvalue weighted by atomic mass is 16.5. The summed E-state index contributed by atoms with van der Waals surface area (Å²) in [5.74, 6) is 1.50. The number of hydrogen-bond acceptors (Lipinski definition) is 2. The summed E-state index contributed by atoms with van der Waals surface area (Å²) in [7, 11) is 0. The maximum atomic E-state index is 10.6. The molecule has 0 bridgehead atoms. The molecule has 0 aromatic rings. The number of carbonyl (C=O) groups excluding carboxylic acids is 1. The van der Waals surface area contributed by atoms with Gasteiger partial charge in [0, 0.05) is 6.92 Å². The first-order valence-electron chi connectivity index (χ1n) is 6.53. The van der Waals surface area contributed by atoms with Crippen molar-refractivity contribution in [3.63, 3.8) is 0 Å². The van der Waals surface area contributed by atoms with Crippen LogP contribution in [0.25, 0.3) is 0 Å². The molecule has 0 amide bonds. The molecule has 1 rings (SSSR count). The van der Waals surface area contributed by atoms with Crippen molar-refractivity contribution in [2.45, 2.75) is 59.8 Å². The molecule has 1 saturated carbocycles. The van der Waals surface area contributed by atoms with Crippen molar-refractivity contribution in [3.8, 4) is 0 Å². The largest absolute Gasteiger partial charge is 0.466 e. The zero-order valence-corrected chi connectivity index (χ0v) is 11.2. The highest BCUT2D eigenvalue weighted by molar-refractivity contribution is 5.65. The molecule has 94 valence electrons. The van der Waals surface area contributed by atoms with Crippen LogP contribution in [0.15, 0.2) is 0 Å². The van der Waals surface area contributed by atoms with Gasteiger partial charge in [0.05, 0.1) is 6.61 Å². The summed E-state index contributed by atoms with van der Waals surface area (Å²) in [4.78, 5) is 10.6. The fraction of sp³-hybridized carbons (Fsp3) is 0.929. The van der Waals surface area contributed by atoms with Crippen LogP contribution in [0.5, 0.6) is 0 Å². The number of ether oxygens (including phenoxy) is 1. The van der Waals surface area contributed by atoms with Crippen molar-refractivity contribution in [1.29, 1.82) is 0 Å². The summed E-state index contributed by atoms with van der Waals surface area (Å²) in [5.41, 5.74) is 0.459. The van der Waals surface area contributed by atoms with Gasteiger partial charge >= 0.3 is 5.97 Å². The lowest BCUT2D eigenvalue weighted by molar-refractivity contribution is -0.141. The molecule has 0 aromatic heterocycles. The smallest absolute Gasteiger partial charge is 0.302 e. The Kier molecular flexibility index (Phi) is 4.82. The van der Waals surface area contributed by atoms with Gasteiger partial charge in [0.15, 0.2) is 0 Å². The first kappa shape index (κ1) is 13.5. The molecule has 1 fully saturated rings. The van der Waals surface area contributed by atoms with Crippen molar-refractivity contribution < 1.29 is 9.53 Å². The quantitative estimate of drug-likeness (QED) is 0.684. The van der Waals surface area contributed by atoms with Crippen LogP contribution in [-0.2, 0) is 9.53 Å². The van der Waals surface area contributed by atoms with Gasteiger partial charge in [0.2, 0.25) is 0 Å². The zero-order valence-electron chi connectivity index (χ0n) is 11.2. The van der Waals surface area contributed by atoms with Crippen LogP contribution in [0.3, 0.4) is 0 Å². The van der Waals surface area contributed by atoms with Crippen LogP contribution < -0.4 is 0 Å². The maximum absolute atomic E-state index is 10.6. The van der Waals surface area contributed by atoms with Crippen molar-refractivity contribution in [3.05, 3.63) is 0 Å². The lowest BCUT2D eigenvalue weighted by atomic mass is 9.69. The second-order valence-corrected chi connectivity index (χ2v) is 6.21. The molecule has 0 unspecified atom stereocenters. The molecule has 0 aromatic carbocycles. The number of rotatable bonds is 3. The fourth-order valence-corrected chi connectivity index (χ4v) is 2.69. The molecular weight excluding hydrogens is 200 g/mol. The number of carbonyl (C=O) groups is 1. The molecule has 16 heavy (non-hydrogen) atoms. The van der Waals surface area contributed by atoms with E-state index in [1.54, 1.807) is 0 Å². The Morgan fingerprint density at radius 3 is 2.19 bits per heavy atom. The Hall–Kier alpha value is -0.530. The van der Waals surface area contributed by atoms with Crippen LogP contribution >= 0.6 is 0 Å². The summed E-state index contributed by atoms with van der Waals surface area (Å²) in [6.45, 7) is 9.13. The third kappa shape index (κ3) is 4.54. The van der Waals surface area contributed by atoms with Crippen molar-refractivity contribution in [2.24, 2.45) is 17.3 Å². The van der Waals surface area contributed by atoms with Crippen LogP contribution in [-0.4, -0.2) is 12.6 Å². The third-order valence-electron chi connectivity index (χ3n) is 3.90. The normalized spacial score (nSPS) is 26.5. The van der Waals surface area contributed by atoms with Gasteiger partial charge in [-0.15, -0.1) is 0 Å². The van der Waals surface area contributed by atoms with Gasteiger partial charge in [0.1, 0.15) is 0 Å². The summed E-state index contributed by atoms with van der Waals surface area (Å²) < 4.78 is 5.00. The lowest BCUT2D eigenvalue weighted by Gasteiger charge is -2.36. The van der Waals surface area contributed by atoms with E-state index in [0.29, 0.717) is 12.0 Å². The van der Waals surface area contributed by atoms with Crippen molar-refractivity contribution in [1.82, 2.24) is 0 Å². The second kappa shape index (κ2) is 5.70. The monoisotopic (exact) mass is 226 g/mol. The Balaban J connectivity index is 2.19. The molecule has 2 nitrogen and oxygen atoms in total. The van der Waals surface area contributed by atoms with E-state index < -0.39 is 0 Å². The summed E-state index contributed by atoms with van der Waals surface area (Å²) >= 11 is 0. The van der Waals surface area contributed by atoms with Crippen LogP contribution in [0.4, 0.5) is 0 Å². The number of esters is 1. The first-order chi connectivity index (χ1) is 7.39. The number of hydrogen-bond donors (Lipinski definition) is 0. The highest BCUT2D eigenvalue weighted by Gasteiger charge is 2.29. The van der Waals surface area contributed by atoms with E-state index in [0.717, 1.165) is 18.3 Å². The lowest BCUT2D eigenvalue weighted by Crippen LogP contribution is -2.26. The highest BCUT2D eigenvalue weighted by Crippen LogP contribution is 2.40. The van der Waals surface area contributed by atoms with E-state index in [9.17, 15) is 4.79 Å². The Labute approximate surface area is 99.8 Å². The molecule has 2 heteroatoms. The molecule has 0 atom stereocenters. The summed E-state index contributed by atoms with van der Waals surface area (Å²) in [6.07, 6.45) is 6.35. The SMILES string of the molecule is CC(=O)OCCC1CCC(C(C)(C)C)CC1. The molecule has 1 aliphatic rings. The molecule has 0 spiro atoms. The molecule has 0 N–H and O–H groups in total. The van der Waals surface area contributed by atoms with Crippen molar-refractivity contribution >= 4 is 5.97 Å².